The molecule has 110 valence electrons. The van der Waals surface area contributed by atoms with Crippen molar-refractivity contribution in [1.29, 1.82) is 0 Å². The SMILES string of the molecule is O=C(c1cc(F)ccc1O)N(CCCl)C1CCCCC1. The highest BCUT2D eigenvalue weighted by molar-refractivity contribution is 6.18. The van der Waals surface area contributed by atoms with Crippen molar-refractivity contribution in [3.05, 3.63) is 29.6 Å². The highest BCUT2D eigenvalue weighted by Crippen LogP contribution is 2.26. The van der Waals surface area contributed by atoms with E-state index in [0.717, 1.165) is 37.8 Å². The van der Waals surface area contributed by atoms with Crippen molar-refractivity contribution in [2.45, 2.75) is 38.1 Å². The van der Waals surface area contributed by atoms with E-state index in [1.165, 1.54) is 12.5 Å². The van der Waals surface area contributed by atoms with E-state index >= 15 is 0 Å². The molecule has 1 aliphatic carbocycles. The third-order valence-electron chi connectivity index (χ3n) is 3.79. The molecule has 1 saturated carbocycles. The van der Waals surface area contributed by atoms with E-state index < -0.39 is 5.82 Å². The van der Waals surface area contributed by atoms with Crippen LogP contribution >= 0.6 is 11.6 Å². The lowest BCUT2D eigenvalue weighted by Crippen LogP contribution is -2.42. The molecular weight excluding hydrogens is 281 g/mol. The van der Waals surface area contributed by atoms with Crippen LogP contribution < -0.4 is 0 Å². The second-order valence-corrected chi connectivity index (χ2v) is 5.52. The fourth-order valence-electron chi connectivity index (χ4n) is 2.77. The molecule has 1 aliphatic rings. The Bertz CT molecular complexity index is 475. The predicted octanol–water partition coefficient (Wildman–Crippen LogP) is 3.55. The van der Waals surface area contributed by atoms with E-state index in [-0.39, 0.29) is 23.3 Å². The van der Waals surface area contributed by atoms with Crippen molar-refractivity contribution in [2.24, 2.45) is 0 Å². The number of hydrogen-bond acceptors (Lipinski definition) is 2. The molecule has 0 bridgehead atoms. The predicted molar refractivity (Wildman–Crippen MR) is 76.7 cm³/mol. The Balaban J connectivity index is 2.23. The zero-order valence-corrected chi connectivity index (χ0v) is 12.1. The van der Waals surface area contributed by atoms with Crippen LogP contribution in [0.3, 0.4) is 0 Å². The Labute approximate surface area is 123 Å². The fraction of sp³-hybridized carbons (Fsp3) is 0.533. The van der Waals surface area contributed by atoms with Crippen LogP contribution in [0.4, 0.5) is 4.39 Å². The summed E-state index contributed by atoms with van der Waals surface area (Å²) in [5, 5.41) is 9.77. The smallest absolute Gasteiger partial charge is 0.258 e. The van der Waals surface area contributed by atoms with Crippen LogP contribution in [0, 0.1) is 5.82 Å². The molecule has 1 fully saturated rings. The highest BCUT2D eigenvalue weighted by Gasteiger charge is 2.27. The second-order valence-electron chi connectivity index (χ2n) is 5.14. The Morgan fingerprint density at radius 3 is 2.70 bits per heavy atom. The number of nitrogens with zero attached hydrogens (tertiary/aromatic N) is 1. The standard InChI is InChI=1S/C15H19ClFNO2/c16-8-9-18(12-4-2-1-3-5-12)15(20)13-10-11(17)6-7-14(13)19/h6-7,10,12,19H,1-5,8-9H2. The molecular formula is C15H19ClFNO2. The van der Waals surface area contributed by atoms with Gasteiger partial charge in [0.05, 0.1) is 5.56 Å². The van der Waals surface area contributed by atoms with Gasteiger partial charge in [-0.15, -0.1) is 11.6 Å². The third-order valence-corrected chi connectivity index (χ3v) is 3.96. The average molecular weight is 300 g/mol. The second kappa shape index (κ2) is 6.93. The summed E-state index contributed by atoms with van der Waals surface area (Å²) >= 11 is 5.79. The summed E-state index contributed by atoms with van der Waals surface area (Å²) in [6.07, 6.45) is 5.25. The summed E-state index contributed by atoms with van der Waals surface area (Å²) in [7, 11) is 0. The molecule has 0 spiro atoms. The molecule has 0 heterocycles. The summed E-state index contributed by atoms with van der Waals surface area (Å²) in [6, 6.07) is 3.57. The average Bonchev–Trinajstić information content (AvgIpc) is 2.47. The van der Waals surface area contributed by atoms with Gasteiger partial charge < -0.3 is 10.0 Å². The first-order valence-corrected chi connectivity index (χ1v) is 7.52. The molecule has 1 aromatic carbocycles. The highest BCUT2D eigenvalue weighted by atomic mass is 35.5. The van der Waals surface area contributed by atoms with Crippen LogP contribution in [0.25, 0.3) is 0 Å². The Morgan fingerprint density at radius 1 is 1.35 bits per heavy atom. The minimum absolute atomic E-state index is 0.0145. The van der Waals surface area contributed by atoms with Crippen LogP contribution in [0.5, 0.6) is 5.75 Å². The van der Waals surface area contributed by atoms with Crippen LogP contribution in [0.15, 0.2) is 18.2 Å². The molecule has 0 saturated heterocycles. The first-order chi connectivity index (χ1) is 9.63. The molecule has 0 atom stereocenters. The van der Waals surface area contributed by atoms with E-state index in [4.69, 9.17) is 11.6 Å². The number of phenols is 1. The summed E-state index contributed by atoms with van der Waals surface area (Å²) in [4.78, 5) is 14.2. The Hall–Kier alpha value is -1.29. The van der Waals surface area contributed by atoms with Gasteiger partial charge in [0.2, 0.25) is 0 Å². The first-order valence-electron chi connectivity index (χ1n) is 6.99. The van der Waals surface area contributed by atoms with Gasteiger partial charge in [-0.2, -0.15) is 0 Å². The van der Waals surface area contributed by atoms with Gasteiger partial charge in [0.1, 0.15) is 11.6 Å². The van der Waals surface area contributed by atoms with E-state index in [1.54, 1.807) is 4.90 Å². The molecule has 1 amide bonds. The number of halogens is 2. The Morgan fingerprint density at radius 2 is 2.05 bits per heavy atom. The van der Waals surface area contributed by atoms with Gasteiger partial charge in [-0.3, -0.25) is 4.79 Å². The maximum absolute atomic E-state index is 13.3. The van der Waals surface area contributed by atoms with E-state index in [9.17, 15) is 14.3 Å². The van der Waals surface area contributed by atoms with Crippen molar-refractivity contribution in [3.8, 4) is 5.75 Å². The van der Waals surface area contributed by atoms with Gasteiger partial charge in [-0.25, -0.2) is 4.39 Å². The van der Waals surface area contributed by atoms with Gasteiger partial charge >= 0.3 is 0 Å². The molecule has 1 aromatic rings. The lowest BCUT2D eigenvalue weighted by atomic mass is 9.93. The summed E-state index contributed by atoms with van der Waals surface area (Å²) in [6.45, 7) is 0.418. The van der Waals surface area contributed by atoms with E-state index in [0.29, 0.717) is 12.4 Å². The van der Waals surface area contributed by atoms with Gasteiger partial charge in [-0.1, -0.05) is 19.3 Å². The number of carbonyl (C=O) groups excluding carboxylic acids is 1. The first kappa shape index (κ1) is 15.1. The summed E-state index contributed by atoms with van der Waals surface area (Å²) < 4.78 is 13.3. The lowest BCUT2D eigenvalue weighted by molar-refractivity contribution is 0.0646. The van der Waals surface area contributed by atoms with Gasteiger partial charge in [0.15, 0.2) is 0 Å². The number of phenolic OH excluding ortho intramolecular Hbond substituents is 1. The molecule has 20 heavy (non-hydrogen) atoms. The van der Waals surface area contributed by atoms with Crippen molar-refractivity contribution in [2.75, 3.05) is 12.4 Å². The van der Waals surface area contributed by atoms with Crippen LogP contribution in [-0.2, 0) is 0 Å². The van der Waals surface area contributed by atoms with Crippen molar-refractivity contribution >= 4 is 17.5 Å². The molecule has 5 heteroatoms. The largest absolute Gasteiger partial charge is 0.507 e. The zero-order valence-electron chi connectivity index (χ0n) is 11.3. The molecule has 0 unspecified atom stereocenters. The van der Waals surface area contributed by atoms with E-state index in [1.807, 2.05) is 0 Å². The maximum Gasteiger partial charge on any atom is 0.258 e. The molecule has 0 radical (unpaired) electrons. The minimum atomic E-state index is -0.527. The van der Waals surface area contributed by atoms with Crippen LogP contribution in [0.2, 0.25) is 0 Å². The quantitative estimate of drug-likeness (QED) is 0.864. The van der Waals surface area contributed by atoms with E-state index in [2.05, 4.69) is 0 Å². The van der Waals surface area contributed by atoms with Crippen molar-refractivity contribution < 1.29 is 14.3 Å². The van der Waals surface area contributed by atoms with Crippen LogP contribution in [0.1, 0.15) is 42.5 Å². The molecule has 1 N–H and O–H groups in total. The number of aromatic hydroxyl groups is 1. The minimum Gasteiger partial charge on any atom is -0.507 e. The lowest BCUT2D eigenvalue weighted by Gasteiger charge is -2.34. The number of alkyl halides is 1. The third kappa shape index (κ3) is 3.42. The number of benzene rings is 1. The van der Waals surface area contributed by atoms with Gasteiger partial charge in [-0.05, 0) is 31.0 Å². The maximum atomic E-state index is 13.3. The van der Waals surface area contributed by atoms with Gasteiger partial charge in [0, 0.05) is 18.5 Å². The summed E-state index contributed by atoms with van der Waals surface area (Å²) in [5.74, 6) is -0.722. The number of amides is 1. The van der Waals surface area contributed by atoms with Crippen molar-refractivity contribution in [3.63, 3.8) is 0 Å². The molecule has 3 nitrogen and oxygen atoms in total. The monoisotopic (exact) mass is 299 g/mol. The fourth-order valence-corrected chi connectivity index (χ4v) is 2.95. The molecule has 0 aliphatic heterocycles. The number of hydrogen-bond donors (Lipinski definition) is 1. The molecule has 2 rings (SSSR count). The summed E-state index contributed by atoms with van der Waals surface area (Å²) in [5.41, 5.74) is 0.0145. The number of rotatable bonds is 4. The Kier molecular flexibility index (Phi) is 5.24. The molecule has 0 aromatic heterocycles. The number of carbonyl (C=O) groups is 1. The topological polar surface area (TPSA) is 40.5 Å². The van der Waals surface area contributed by atoms with Crippen LogP contribution in [-0.4, -0.2) is 34.4 Å². The van der Waals surface area contributed by atoms with Crippen molar-refractivity contribution in [1.82, 2.24) is 4.90 Å². The van der Waals surface area contributed by atoms with Gasteiger partial charge in [0.25, 0.3) is 5.91 Å². The normalized spacial score (nSPS) is 16.1. The zero-order chi connectivity index (χ0) is 14.5.